The number of carbonyl (C=O) groups is 2. The molecule has 1 aromatic rings. The zero-order valence-corrected chi connectivity index (χ0v) is 35.6. The average molecular weight is 796 g/mol. The van der Waals surface area contributed by atoms with Crippen LogP contribution >= 0.6 is 7.82 Å². The molecule has 2 rings (SSSR count). The molecule has 1 aliphatic rings. The average Bonchev–Trinajstić information content (AvgIpc) is 3.99. The van der Waals surface area contributed by atoms with Gasteiger partial charge in [0.1, 0.15) is 25.5 Å². The summed E-state index contributed by atoms with van der Waals surface area (Å²) in [4.78, 5) is 37.5. The molecular weight excluding hydrogens is 721 g/mol. The molecule has 0 bridgehead atoms. The van der Waals surface area contributed by atoms with Crippen LogP contribution in [0.15, 0.2) is 34.5 Å². The largest absolute Gasteiger partial charge is 0.756 e. The van der Waals surface area contributed by atoms with E-state index in [0.717, 1.165) is 75.5 Å². The first-order valence-corrected chi connectivity index (χ1v) is 22.8. The fourth-order valence-corrected chi connectivity index (χ4v) is 6.83. The van der Waals surface area contributed by atoms with E-state index < -0.39 is 32.5 Å². The molecule has 12 nitrogen and oxygen atoms in total. The number of phosphoric acid groups is 1. The SMILES string of the molecule is CCCCCCCCCCCCCCCC(=O)OCC(COP(=O)([O-])OCC[N+](C)(C)C)OC(=O)CCCCCCCCCCOc1cccc(C2N=N2)c1. The number of ether oxygens (including phenoxy) is 3. The fourth-order valence-electron chi connectivity index (χ4n) is 6.10. The van der Waals surface area contributed by atoms with Crippen molar-refractivity contribution >= 4 is 19.8 Å². The normalized spacial score (nSPS) is 14.4. The van der Waals surface area contributed by atoms with Gasteiger partial charge in [0.25, 0.3) is 7.82 Å². The standard InChI is InChI=1S/C42H74N3O9P/c1-5-6-7-8-9-10-11-12-13-14-17-20-23-29-40(46)51-35-39(36-53-55(48,49)52-33-31-45(2,3)4)54-41(47)30-24-21-18-15-16-19-22-25-32-50-38-28-26-27-37(34-38)42-43-44-42/h26-28,34,39,42H,5-25,29-33,35-36H2,1-4H3. The van der Waals surface area contributed by atoms with Gasteiger partial charge in [-0.05, 0) is 31.4 Å². The maximum absolute atomic E-state index is 12.7. The van der Waals surface area contributed by atoms with Crippen molar-refractivity contribution in [3.05, 3.63) is 29.8 Å². The molecule has 0 saturated heterocycles. The summed E-state index contributed by atoms with van der Waals surface area (Å²) in [7, 11) is 1.13. The summed E-state index contributed by atoms with van der Waals surface area (Å²) in [5.74, 6) is -0.00809. The van der Waals surface area contributed by atoms with Gasteiger partial charge in [0.2, 0.25) is 6.17 Å². The third-order valence-corrected chi connectivity index (χ3v) is 10.5. The van der Waals surface area contributed by atoms with Gasteiger partial charge in [-0.2, -0.15) is 10.2 Å². The Hall–Kier alpha value is -2.37. The van der Waals surface area contributed by atoms with Crippen molar-refractivity contribution in [1.29, 1.82) is 0 Å². The molecule has 1 aromatic carbocycles. The van der Waals surface area contributed by atoms with Crippen LogP contribution in [0.25, 0.3) is 0 Å². The number of hydrogen-bond acceptors (Lipinski definition) is 11. The third-order valence-electron chi connectivity index (χ3n) is 9.57. The molecule has 13 heteroatoms. The van der Waals surface area contributed by atoms with Gasteiger partial charge >= 0.3 is 11.9 Å². The first-order valence-electron chi connectivity index (χ1n) is 21.4. The molecule has 2 unspecified atom stereocenters. The van der Waals surface area contributed by atoms with Crippen LogP contribution in [0.5, 0.6) is 5.75 Å². The van der Waals surface area contributed by atoms with E-state index in [0.29, 0.717) is 24.1 Å². The Labute approximate surface area is 332 Å². The van der Waals surface area contributed by atoms with Crippen molar-refractivity contribution in [3.8, 4) is 5.75 Å². The number of quaternary nitrogens is 1. The van der Waals surface area contributed by atoms with Gasteiger partial charge in [0.15, 0.2) is 6.10 Å². The minimum Gasteiger partial charge on any atom is -0.756 e. The lowest BCUT2D eigenvalue weighted by Gasteiger charge is -2.28. The van der Waals surface area contributed by atoms with E-state index in [1.807, 2.05) is 45.4 Å². The van der Waals surface area contributed by atoms with Crippen molar-refractivity contribution in [2.75, 3.05) is 54.1 Å². The highest BCUT2D eigenvalue weighted by molar-refractivity contribution is 7.45. The summed E-state index contributed by atoms with van der Waals surface area (Å²) >= 11 is 0. The number of nitrogens with zero attached hydrogens (tertiary/aromatic N) is 3. The lowest BCUT2D eigenvalue weighted by atomic mass is 10.0. The Balaban J connectivity index is 1.58. The number of rotatable bonds is 37. The number of hydrogen-bond donors (Lipinski definition) is 0. The molecule has 0 radical (unpaired) electrons. The van der Waals surface area contributed by atoms with Gasteiger partial charge in [0, 0.05) is 18.4 Å². The first-order chi connectivity index (χ1) is 26.5. The van der Waals surface area contributed by atoms with Gasteiger partial charge in [-0.3, -0.25) is 14.2 Å². The quantitative estimate of drug-likeness (QED) is 0.0278. The molecule has 0 fully saturated rings. The number of phosphoric ester groups is 1. The van der Waals surface area contributed by atoms with Crippen molar-refractivity contribution in [3.63, 3.8) is 0 Å². The van der Waals surface area contributed by atoms with Crippen molar-refractivity contribution in [2.45, 2.75) is 167 Å². The Bertz CT molecular complexity index is 1240. The molecule has 0 N–H and O–H groups in total. The van der Waals surface area contributed by atoms with Crippen molar-refractivity contribution in [1.82, 2.24) is 0 Å². The van der Waals surface area contributed by atoms with E-state index in [1.165, 1.54) is 64.2 Å². The van der Waals surface area contributed by atoms with E-state index in [4.69, 9.17) is 23.3 Å². The molecule has 1 heterocycles. The highest BCUT2D eigenvalue weighted by Crippen LogP contribution is 2.38. The molecule has 0 amide bonds. The lowest BCUT2D eigenvalue weighted by Crippen LogP contribution is -2.37. The summed E-state index contributed by atoms with van der Waals surface area (Å²) in [5.41, 5.74) is 1.07. The number of esters is 2. The molecule has 0 aromatic heterocycles. The number of benzene rings is 1. The summed E-state index contributed by atoms with van der Waals surface area (Å²) in [5, 5.41) is 7.92. The smallest absolute Gasteiger partial charge is 0.306 e. The van der Waals surface area contributed by atoms with Crippen LogP contribution in [-0.2, 0) is 32.7 Å². The van der Waals surface area contributed by atoms with Crippen LogP contribution in [0.1, 0.15) is 166 Å². The maximum atomic E-state index is 12.7. The topological polar surface area (TPSA) is 145 Å². The number of unbranched alkanes of at least 4 members (excludes halogenated alkanes) is 19. The van der Waals surface area contributed by atoms with Crippen LogP contribution in [0.4, 0.5) is 0 Å². The van der Waals surface area contributed by atoms with E-state index in [9.17, 15) is 19.0 Å². The summed E-state index contributed by atoms with van der Waals surface area (Å²) in [6, 6.07) is 7.94. The van der Waals surface area contributed by atoms with Gasteiger partial charge in [-0.15, -0.1) is 0 Å². The molecule has 0 aliphatic carbocycles. The minimum atomic E-state index is -4.64. The van der Waals surface area contributed by atoms with Gasteiger partial charge in [0.05, 0.1) is 34.4 Å². The van der Waals surface area contributed by atoms with Gasteiger partial charge in [-0.25, -0.2) is 0 Å². The number of carbonyl (C=O) groups excluding carboxylic acids is 2. The molecule has 55 heavy (non-hydrogen) atoms. The molecule has 1 aliphatic heterocycles. The maximum Gasteiger partial charge on any atom is 0.306 e. The van der Waals surface area contributed by atoms with E-state index in [-0.39, 0.29) is 32.2 Å². The predicted octanol–water partition coefficient (Wildman–Crippen LogP) is 10.2. The first kappa shape index (κ1) is 48.8. The van der Waals surface area contributed by atoms with Crippen molar-refractivity contribution in [2.24, 2.45) is 10.2 Å². The Kier molecular flexibility index (Phi) is 26.4. The summed E-state index contributed by atoms with van der Waals surface area (Å²) in [6.07, 6.45) is 23.2. The van der Waals surface area contributed by atoms with Crippen LogP contribution in [-0.4, -0.2) is 76.6 Å². The third kappa shape index (κ3) is 28.6. The van der Waals surface area contributed by atoms with Crippen molar-refractivity contribution < 1.29 is 46.8 Å². The molecule has 2 atom stereocenters. The Morgan fingerprint density at radius 3 is 1.78 bits per heavy atom. The fraction of sp³-hybridized carbons (Fsp3) is 0.810. The molecular formula is C42H74N3O9P. The lowest BCUT2D eigenvalue weighted by molar-refractivity contribution is -0.870. The highest BCUT2D eigenvalue weighted by Gasteiger charge is 2.22. The summed E-state index contributed by atoms with van der Waals surface area (Å²) in [6.45, 7) is 2.60. The predicted molar refractivity (Wildman–Crippen MR) is 215 cm³/mol. The minimum absolute atomic E-state index is 0.0135. The van der Waals surface area contributed by atoms with Crippen LogP contribution < -0.4 is 9.63 Å². The molecule has 0 saturated carbocycles. The van der Waals surface area contributed by atoms with Gasteiger partial charge < -0.3 is 32.6 Å². The Morgan fingerprint density at radius 1 is 0.709 bits per heavy atom. The van der Waals surface area contributed by atoms with E-state index in [2.05, 4.69) is 17.2 Å². The zero-order valence-electron chi connectivity index (χ0n) is 34.7. The second-order valence-corrected chi connectivity index (χ2v) is 17.4. The monoisotopic (exact) mass is 796 g/mol. The molecule has 316 valence electrons. The number of likely N-dealkylation sites (N-methyl/N-ethyl adjacent to an activating group) is 1. The second-order valence-electron chi connectivity index (χ2n) is 16.0. The highest BCUT2D eigenvalue weighted by atomic mass is 31.2. The second kappa shape index (κ2) is 29.8. The van der Waals surface area contributed by atoms with Crippen LogP contribution in [0, 0.1) is 0 Å². The zero-order chi connectivity index (χ0) is 40.0. The Morgan fingerprint density at radius 2 is 1.24 bits per heavy atom. The summed E-state index contributed by atoms with van der Waals surface area (Å²) < 4.78 is 39.7. The van der Waals surface area contributed by atoms with Gasteiger partial charge in [-0.1, -0.05) is 135 Å². The van der Waals surface area contributed by atoms with E-state index in [1.54, 1.807) is 0 Å². The van der Waals surface area contributed by atoms with Crippen LogP contribution in [0.3, 0.4) is 0 Å². The van der Waals surface area contributed by atoms with E-state index >= 15 is 0 Å². The van der Waals surface area contributed by atoms with Crippen LogP contribution in [0.2, 0.25) is 0 Å². The molecule has 0 spiro atoms.